The van der Waals surface area contributed by atoms with Crippen molar-refractivity contribution in [3.8, 4) is 11.1 Å². The molecule has 4 aromatic carbocycles. The molecule has 2 nitrogen and oxygen atoms in total. The zero-order chi connectivity index (χ0) is 37.1. The van der Waals surface area contributed by atoms with Crippen molar-refractivity contribution in [1.82, 2.24) is 4.57 Å². The van der Waals surface area contributed by atoms with Gasteiger partial charge in [0.25, 0.3) is 0 Å². The van der Waals surface area contributed by atoms with Crippen LogP contribution in [0.5, 0.6) is 0 Å². The van der Waals surface area contributed by atoms with Crippen molar-refractivity contribution in [2.75, 3.05) is 4.90 Å². The lowest BCUT2D eigenvalue weighted by Crippen LogP contribution is -2.49. The number of aryl methyl sites for hydroxylation is 1. The van der Waals surface area contributed by atoms with Crippen LogP contribution < -0.4 is 4.90 Å². The van der Waals surface area contributed by atoms with Gasteiger partial charge in [-0.2, -0.15) is 0 Å². The molecule has 1 aromatic heterocycles. The highest BCUT2D eigenvalue weighted by Crippen LogP contribution is 2.65. The molecule has 56 heavy (non-hydrogen) atoms. The van der Waals surface area contributed by atoms with Gasteiger partial charge in [-0.3, -0.25) is 0 Å². The third-order valence-corrected chi connectivity index (χ3v) is 17.9. The summed E-state index contributed by atoms with van der Waals surface area (Å²) in [6.07, 6.45) is 26.8. The molecule has 0 saturated heterocycles. The molecule has 1 unspecified atom stereocenters. The number of rotatable bonds is 5. The van der Waals surface area contributed by atoms with E-state index in [0.717, 1.165) is 35.5 Å². The van der Waals surface area contributed by atoms with Gasteiger partial charge in [0.2, 0.25) is 0 Å². The SMILES string of the molecule is Cn1c2ccccc2c2c3c(ccc21)-c1ccc(N(C2=CCC(C45CC6CC(CC(C6)C4)C5)C=C2)c2ccc(C45CC6CC(CC(C6)C4)C5)cc2)cc1C3(C)C. The van der Waals surface area contributed by atoms with Crippen molar-refractivity contribution in [3.05, 3.63) is 119 Å². The second kappa shape index (κ2) is 11.3. The number of hydrogen-bond donors (Lipinski definition) is 0. The Balaban J connectivity index is 0.903. The molecule has 10 aliphatic rings. The summed E-state index contributed by atoms with van der Waals surface area (Å²) in [4.78, 5) is 2.63. The van der Waals surface area contributed by atoms with Crippen molar-refractivity contribution < 1.29 is 0 Å². The summed E-state index contributed by atoms with van der Waals surface area (Å²) in [7, 11) is 2.23. The standard InChI is InChI=1S/C54H58N2/c1-52(2)47-26-43(16-17-44(47)45-18-19-49-50(51(45)52)46-6-4-5-7-48(46)55(49)3)56(41-12-8-39(9-13-41)53-27-33-20-34(28-53)22-35(21-33)29-53)42-14-10-40(11-15-42)54-30-36-23-37(31-54)25-38(24-36)32-54/h4-10,12-19,26,33-38,40H,11,20-25,27-32H2,1-3H3. The minimum Gasteiger partial charge on any atom is -0.344 e. The Kier molecular flexibility index (Phi) is 6.67. The van der Waals surface area contributed by atoms with Gasteiger partial charge in [0.1, 0.15) is 0 Å². The Labute approximate surface area is 334 Å². The van der Waals surface area contributed by atoms with Crippen LogP contribution in [0.25, 0.3) is 32.9 Å². The van der Waals surface area contributed by atoms with Gasteiger partial charge in [-0.25, -0.2) is 0 Å². The molecular formula is C54H58N2. The van der Waals surface area contributed by atoms with E-state index >= 15 is 0 Å². The van der Waals surface area contributed by atoms with Crippen LogP contribution in [0.1, 0.15) is 114 Å². The first kappa shape index (κ1) is 33.0. The van der Waals surface area contributed by atoms with Gasteiger partial charge in [-0.15, -0.1) is 0 Å². The highest BCUT2D eigenvalue weighted by Gasteiger charge is 2.54. The Morgan fingerprint density at radius 1 is 0.625 bits per heavy atom. The summed E-state index contributed by atoms with van der Waals surface area (Å²) in [5, 5.41) is 2.80. The summed E-state index contributed by atoms with van der Waals surface area (Å²) >= 11 is 0. The normalized spacial score (nSPS) is 35.3. The van der Waals surface area contributed by atoms with E-state index in [1.807, 2.05) is 0 Å². The minimum atomic E-state index is -0.126. The summed E-state index contributed by atoms with van der Waals surface area (Å²) in [6, 6.07) is 31.3. The fraction of sp³-hybridized carbons (Fsp3) is 0.481. The van der Waals surface area contributed by atoms with Crippen molar-refractivity contribution in [3.63, 3.8) is 0 Å². The molecule has 0 aliphatic heterocycles. The summed E-state index contributed by atoms with van der Waals surface area (Å²) < 4.78 is 2.39. The molecular weight excluding hydrogens is 677 g/mol. The quantitative estimate of drug-likeness (QED) is 0.175. The van der Waals surface area contributed by atoms with Gasteiger partial charge in [0, 0.05) is 51.3 Å². The zero-order valence-corrected chi connectivity index (χ0v) is 33.9. The van der Waals surface area contributed by atoms with Crippen LogP contribution in [0.2, 0.25) is 0 Å². The Morgan fingerprint density at radius 2 is 1.23 bits per heavy atom. The lowest BCUT2D eigenvalue weighted by molar-refractivity contribution is -0.0760. The molecule has 8 bridgehead atoms. The molecule has 8 saturated carbocycles. The molecule has 0 N–H and O–H groups in total. The lowest BCUT2D eigenvalue weighted by atomic mass is 9.46. The number of nitrogens with zero attached hydrogens (tertiary/aromatic N) is 2. The topological polar surface area (TPSA) is 8.17 Å². The second-order valence-corrected chi connectivity index (χ2v) is 21.5. The fourth-order valence-electron chi connectivity index (χ4n) is 16.4. The third kappa shape index (κ3) is 4.51. The highest BCUT2D eigenvalue weighted by atomic mass is 15.1. The molecule has 284 valence electrons. The van der Waals surface area contributed by atoms with E-state index in [1.54, 1.807) is 5.56 Å². The Hall–Kier alpha value is -4.04. The Morgan fingerprint density at radius 3 is 1.88 bits per heavy atom. The second-order valence-electron chi connectivity index (χ2n) is 21.5. The predicted octanol–water partition coefficient (Wildman–Crippen LogP) is 13.9. The van der Waals surface area contributed by atoms with E-state index in [4.69, 9.17) is 0 Å². The van der Waals surface area contributed by atoms with Crippen molar-refractivity contribution in [2.45, 2.75) is 108 Å². The fourth-order valence-corrected chi connectivity index (χ4v) is 16.4. The van der Waals surface area contributed by atoms with Crippen LogP contribution in [-0.4, -0.2) is 4.57 Å². The first-order valence-electron chi connectivity index (χ1n) is 22.7. The number of para-hydroxylation sites is 1. The van der Waals surface area contributed by atoms with Gasteiger partial charge >= 0.3 is 0 Å². The molecule has 5 aromatic rings. The maximum absolute atomic E-state index is 2.68. The molecule has 1 atom stereocenters. The van der Waals surface area contributed by atoms with Crippen LogP contribution in [0, 0.1) is 46.8 Å². The van der Waals surface area contributed by atoms with Crippen molar-refractivity contribution in [1.29, 1.82) is 0 Å². The number of benzene rings is 4. The molecule has 1 heterocycles. The van der Waals surface area contributed by atoms with E-state index < -0.39 is 0 Å². The first-order valence-corrected chi connectivity index (χ1v) is 22.7. The number of hydrogen-bond acceptors (Lipinski definition) is 1. The van der Waals surface area contributed by atoms with Gasteiger partial charge in [0.15, 0.2) is 0 Å². The van der Waals surface area contributed by atoms with Gasteiger partial charge in [0.05, 0.1) is 0 Å². The molecule has 8 fully saturated rings. The van der Waals surface area contributed by atoms with E-state index in [9.17, 15) is 0 Å². The van der Waals surface area contributed by atoms with Crippen LogP contribution in [0.4, 0.5) is 11.4 Å². The van der Waals surface area contributed by atoms with E-state index in [2.05, 4.69) is 127 Å². The number of anilines is 2. The number of fused-ring (bicyclic) bond motifs is 7. The number of aromatic nitrogens is 1. The van der Waals surface area contributed by atoms with E-state index in [0.29, 0.717) is 16.7 Å². The summed E-state index contributed by atoms with van der Waals surface area (Å²) in [5.41, 5.74) is 14.8. The predicted molar refractivity (Wildman–Crippen MR) is 232 cm³/mol. The summed E-state index contributed by atoms with van der Waals surface area (Å²) in [5.74, 6) is 6.58. The molecule has 15 rings (SSSR count). The maximum Gasteiger partial charge on any atom is 0.0492 e. The van der Waals surface area contributed by atoms with E-state index in [-0.39, 0.29) is 5.41 Å². The van der Waals surface area contributed by atoms with Crippen LogP contribution >= 0.6 is 0 Å². The van der Waals surface area contributed by atoms with Crippen molar-refractivity contribution >= 4 is 33.2 Å². The monoisotopic (exact) mass is 734 g/mol. The van der Waals surface area contributed by atoms with Crippen LogP contribution in [0.3, 0.4) is 0 Å². The van der Waals surface area contributed by atoms with Crippen LogP contribution in [0.15, 0.2) is 103 Å². The largest absolute Gasteiger partial charge is 0.344 e. The molecule has 0 amide bonds. The molecule has 10 aliphatic carbocycles. The average molecular weight is 735 g/mol. The van der Waals surface area contributed by atoms with Crippen molar-refractivity contribution in [2.24, 2.45) is 53.9 Å². The average Bonchev–Trinajstić information content (AvgIpc) is 3.60. The van der Waals surface area contributed by atoms with Gasteiger partial charge in [-0.05, 0) is 206 Å². The highest BCUT2D eigenvalue weighted by molar-refractivity contribution is 6.13. The van der Waals surface area contributed by atoms with E-state index in [1.165, 1.54) is 145 Å². The van der Waals surface area contributed by atoms with Crippen LogP contribution in [-0.2, 0) is 17.9 Å². The van der Waals surface area contributed by atoms with Gasteiger partial charge < -0.3 is 9.47 Å². The smallest absolute Gasteiger partial charge is 0.0492 e. The molecule has 2 heteroatoms. The third-order valence-electron chi connectivity index (χ3n) is 17.9. The number of allylic oxidation sites excluding steroid dienone is 3. The Bertz CT molecular complexity index is 2450. The zero-order valence-electron chi connectivity index (χ0n) is 33.9. The first-order chi connectivity index (χ1) is 27.2. The van der Waals surface area contributed by atoms with Gasteiger partial charge in [-0.1, -0.05) is 68.5 Å². The maximum atomic E-state index is 2.68. The molecule has 0 radical (unpaired) electrons. The minimum absolute atomic E-state index is 0.126. The molecule has 0 spiro atoms. The lowest BCUT2D eigenvalue weighted by Gasteiger charge is -2.59. The summed E-state index contributed by atoms with van der Waals surface area (Å²) in [6.45, 7) is 4.95.